The normalized spacial score (nSPS) is 27.7. The zero-order valence-corrected chi connectivity index (χ0v) is 17.5. The quantitative estimate of drug-likeness (QED) is 0.340. The van der Waals surface area contributed by atoms with E-state index in [1.54, 1.807) is 24.3 Å². The van der Waals surface area contributed by atoms with Crippen LogP contribution in [0.2, 0.25) is 0 Å². The largest absolute Gasteiger partial charge is 0.295 e. The number of carbonyl (C=O) groups excluding carboxylic acids is 3. The van der Waals surface area contributed by atoms with Gasteiger partial charge in [-0.05, 0) is 41.3 Å². The maximum absolute atomic E-state index is 13.8. The summed E-state index contributed by atoms with van der Waals surface area (Å²) in [7, 11) is 0. The van der Waals surface area contributed by atoms with Crippen LogP contribution in [0.25, 0.3) is 0 Å². The highest BCUT2D eigenvalue weighted by atomic mass is 35.5. The summed E-state index contributed by atoms with van der Waals surface area (Å²) in [6, 6.07) is 22.4. The van der Waals surface area contributed by atoms with E-state index in [9.17, 15) is 14.4 Å². The van der Waals surface area contributed by atoms with Crippen LogP contribution in [0.4, 0.5) is 5.69 Å². The van der Waals surface area contributed by atoms with Gasteiger partial charge in [0.15, 0.2) is 5.78 Å². The van der Waals surface area contributed by atoms with E-state index in [0.29, 0.717) is 11.3 Å². The van der Waals surface area contributed by atoms with Gasteiger partial charge in [-0.3, -0.25) is 14.4 Å². The molecule has 0 spiro atoms. The van der Waals surface area contributed by atoms with Gasteiger partial charge in [-0.15, -0.1) is 11.6 Å². The number of hydrogen-bond donors (Lipinski definition) is 0. The van der Waals surface area contributed by atoms with Crippen LogP contribution in [0, 0.1) is 11.8 Å². The number of imide groups is 1. The molecule has 2 bridgehead atoms. The molecule has 5 heteroatoms. The lowest BCUT2D eigenvalue weighted by Crippen LogP contribution is -2.50. The molecule has 31 heavy (non-hydrogen) atoms. The molecular formula is C26H18ClNO3. The Morgan fingerprint density at radius 1 is 0.871 bits per heavy atom. The number of rotatable bonds is 2. The number of alkyl halides is 1. The summed E-state index contributed by atoms with van der Waals surface area (Å²) in [5.41, 5.74) is 4.72. The van der Waals surface area contributed by atoms with Crippen LogP contribution in [-0.2, 0) is 14.5 Å². The fraction of sp³-hybridized carbons (Fsp3) is 0.192. The van der Waals surface area contributed by atoms with Gasteiger partial charge in [0, 0.05) is 11.5 Å². The van der Waals surface area contributed by atoms with Gasteiger partial charge in [-0.25, -0.2) is 4.90 Å². The van der Waals surface area contributed by atoms with Crippen molar-refractivity contribution >= 4 is 34.9 Å². The number of amides is 2. The number of halogens is 1. The Balaban J connectivity index is 1.58. The first-order chi connectivity index (χ1) is 14.9. The standard InChI is InChI=1S/C26H18ClNO3/c1-14(29)15-7-6-8-16(13-15)28-24(30)22-21-17-9-2-4-11-19(17)26(27,23(22)25(28)31)20-12-5-3-10-18(20)21/h2-13,21-23H,1H3/t21?,22-,23-,26?/m1/s1. The zero-order chi connectivity index (χ0) is 21.5. The van der Waals surface area contributed by atoms with Gasteiger partial charge < -0.3 is 0 Å². The summed E-state index contributed by atoms with van der Waals surface area (Å²) in [4.78, 5) is 39.5. The van der Waals surface area contributed by atoms with Gasteiger partial charge in [0.05, 0.1) is 17.5 Å². The minimum atomic E-state index is -1.10. The lowest BCUT2D eigenvalue weighted by atomic mass is 9.54. The van der Waals surface area contributed by atoms with Crippen molar-refractivity contribution in [1.29, 1.82) is 0 Å². The molecule has 2 amide bonds. The van der Waals surface area contributed by atoms with Crippen LogP contribution in [0.5, 0.6) is 0 Å². The van der Waals surface area contributed by atoms with E-state index in [4.69, 9.17) is 11.6 Å². The predicted molar refractivity (Wildman–Crippen MR) is 117 cm³/mol. The van der Waals surface area contributed by atoms with Crippen molar-refractivity contribution in [2.75, 3.05) is 4.90 Å². The number of ketones is 1. The fourth-order valence-electron chi connectivity index (χ4n) is 5.80. The highest BCUT2D eigenvalue weighted by molar-refractivity contribution is 6.33. The minimum absolute atomic E-state index is 0.118. The third-order valence-corrected chi connectivity index (χ3v) is 7.67. The van der Waals surface area contributed by atoms with Gasteiger partial charge in [-0.2, -0.15) is 0 Å². The molecule has 0 radical (unpaired) electrons. The molecule has 2 atom stereocenters. The van der Waals surface area contributed by atoms with E-state index in [-0.39, 0.29) is 23.5 Å². The maximum atomic E-state index is 13.8. The Morgan fingerprint density at radius 3 is 2.10 bits per heavy atom. The first kappa shape index (κ1) is 18.5. The molecule has 0 unspecified atom stereocenters. The fourth-order valence-corrected chi connectivity index (χ4v) is 6.37. The average Bonchev–Trinajstić information content (AvgIpc) is 3.06. The Hall–Kier alpha value is -3.24. The van der Waals surface area contributed by atoms with Gasteiger partial charge >= 0.3 is 0 Å². The van der Waals surface area contributed by atoms with Crippen LogP contribution >= 0.6 is 11.6 Å². The molecule has 1 aliphatic heterocycles. The van der Waals surface area contributed by atoms with Crippen molar-refractivity contribution in [3.63, 3.8) is 0 Å². The summed E-state index contributed by atoms with van der Waals surface area (Å²) >= 11 is 7.40. The van der Waals surface area contributed by atoms with E-state index in [2.05, 4.69) is 0 Å². The average molecular weight is 428 g/mol. The monoisotopic (exact) mass is 427 g/mol. The van der Waals surface area contributed by atoms with Gasteiger partial charge in [-0.1, -0.05) is 60.7 Å². The van der Waals surface area contributed by atoms with Crippen molar-refractivity contribution < 1.29 is 14.4 Å². The van der Waals surface area contributed by atoms with Gasteiger partial charge in [0.25, 0.3) is 0 Å². The second-order valence-corrected chi connectivity index (χ2v) is 9.08. The molecule has 3 aromatic rings. The molecule has 1 saturated heterocycles. The van der Waals surface area contributed by atoms with Crippen molar-refractivity contribution in [2.45, 2.75) is 17.7 Å². The first-order valence-electron chi connectivity index (χ1n) is 10.3. The molecule has 0 aromatic heterocycles. The summed E-state index contributed by atoms with van der Waals surface area (Å²) in [5, 5.41) is 0. The van der Waals surface area contributed by atoms with E-state index in [1.807, 2.05) is 48.5 Å². The number of carbonyl (C=O) groups is 3. The molecule has 7 rings (SSSR count). The third kappa shape index (κ3) is 2.18. The van der Waals surface area contributed by atoms with E-state index in [1.165, 1.54) is 11.8 Å². The Bertz CT molecular complexity index is 1270. The van der Waals surface area contributed by atoms with Crippen molar-refractivity contribution in [2.24, 2.45) is 11.8 Å². The predicted octanol–water partition coefficient (Wildman–Crippen LogP) is 4.64. The summed E-state index contributed by atoms with van der Waals surface area (Å²) in [6.07, 6.45) is 0. The van der Waals surface area contributed by atoms with Crippen LogP contribution in [0.3, 0.4) is 0 Å². The Labute approximate surface area is 184 Å². The van der Waals surface area contributed by atoms with Crippen molar-refractivity contribution in [1.82, 2.24) is 0 Å². The van der Waals surface area contributed by atoms with E-state index >= 15 is 0 Å². The molecule has 1 fully saturated rings. The SMILES string of the molecule is CC(=O)c1cccc(N2C(=O)[C@@H]3C4c5ccccc5C(Cl)(c5ccccc54)[C@H]3C2=O)c1. The molecule has 0 N–H and O–H groups in total. The lowest BCUT2D eigenvalue weighted by Gasteiger charge is -2.50. The highest BCUT2D eigenvalue weighted by Gasteiger charge is 2.67. The van der Waals surface area contributed by atoms with E-state index in [0.717, 1.165) is 22.3 Å². The third-order valence-electron chi connectivity index (χ3n) is 7.03. The van der Waals surface area contributed by atoms with Crippen LogP contribution in [0.1, 0.15) is 45.5 Å². The van der Waals surface area contributed by atoms with E-state index < -0.39 is 16.7 Å². The van der Waals surface area contributed by atoms with Gasteiger partial charge in [0.2, 0.25) is 11.8 Å². The minimum Gasteiger partial charge on any atom is -0.295 e. The Kier molecular flexibility index (Phi) is 3.67. The van der Waals surface area contributed by atoms with Crippen LogP contribution < -0.4 is 4.90 Å². The summed E-state index contributed by atoms with van der Waals surface area (Å²) < 4.78 is 0. The molecule has 3 aliphatic carbocycles. The smallest absolute Gasteiger partial charge is 0.240 e. The summed E-state index contributed by atoms with van der Waals surface area (Å²) in [6.45, 7) is 1.47. The second-order valence-electron chi connectivity index (χ2n) is 8.49. The van der Waals surface area contributed by atoms with Crippen molar-refractivity contribution in [3.05, 3.63) is 101 Å². The van der Waals surface area contributed by atoms with Crippen LogP contribution in [-0.4, -0.2) is 17.6 Å². The number of Topliss-reactive ketones (excluding diaryl/α,β-unsaturated/α-hetero) is 1. The number of benzene rings is 3. The molecular weight excluding hydrogens is 410 g/mol. The maximum Gasteiger partial charge on any atom is 0.240 e. The number of anilines is 1. The molecule has 3 aromatic carbocycles. The highest BCUT2D eigenvalue weighted by Crippen LogP contribution is 2.65. The summed E-state index contributed by atoms with van der Waals surface area (Å²) in [5.74, 6) is -2.18. The molecule has 152 valence electrons. The zero-order valence-electron chi connectivity index (χ0n) is 16.7. The molecule has 4 nitrogen and oxygen atoms in total. The molecule has 1 heterocycles. The second kappa shape index (κ2) is 6.14. The molecule has 0 saturated carbocycles. The number of hydrogen-bond acceptors (Lipinski definition) is 3. The Morgan fingerprint density at radius 2 is 1.48 bits per heavy atom. The lowest BCUT2D eigenvalue weighted by molar-refractivity contribution is -0.122. The topological polar surface area (TPSA) is 54.5 Å². The molecule has 4 aliphatic rings. The van der Waals surface area contributed by atoms with Crippen LogP contribution in [0.15, 0.2) is 72.8 Å². The number of nitrogens with zero attached hydrogens (tertiary/aromatic N) is 1. The van der Waals surface area contributed by atoms with Gasteiger partial charge in [0.1, 0.15) is 4.87 Å². The van der Waals surface area contributed by atoms with Crippen molar-refractivity contribution in [3.8, 4) is 0 Å². The first-order valence-corrected chi connectivity index (χ1v) is 10.7.